The maximum atomic E-state index is 10.3. The SMILES string of the molecule is COC1(CC(O)c2cc3cc(Cl)ccc3o2)CCC1. The molecule has 0 saturated heterocycles. The summed E-state index contributed by atoms with van der Waals surface area (Å²) in [6.45, 7) is 0. The van der Waals surface area contributed by atoms with Crippen molar-refractivity contribution in [2.45, 2.75) is 37.4 Å². The molecular weight excluding hydrogens is 264 g/mol. The van der Waals surface area contributed by atoms with Gasteiger partial charge in [-0.1, -0.05) is 11.6 Å². The quantitative estimate of drug-likeness (QED) is 0.918. The molecule has 1 atom stereocenters. The Morgan fingerprint density at radius 3 is 2.84 bits per heavy atom. The van der Waals surface area contributed by atoms with E-state index in [1.807, 2.05) is 18.2 Å². The molecule has 19 heavy (non-hydrogen) atoms. The number of ether oxygens (including phenoxy) is 1. The number of hydrogen-bond acceptors (Lipinski definition) is 3. The van der Waals surface area contributed by atoms with Gasteiger partial charge in [0.15, 0.2) is 0 Å². The molecule has 4 heteroatoms. The van der Waals surface area contributed by atoms with Crippen LogP contribution < -0.4 is 0 Å². The highest BCUT2D eigenvalue weighted by Crippen LogP contribution is 2.42. The minimum absolute atomic E-state index is 0.171. The predicted octanol–water partition coefficient (Wildman–Crippen LogP) is 4.08. The molecule has 1 fully saturated rings. The Balaban J connectivity index is 1.83. The molecule has 0 amide bonds. The number of rotatable bonds is 4. The molecule has 1 unspecified atom stereocenters. The third-order valence-electron chi connectivity index (χ3n) is 4.09. The summed E-state index contributed by atoms with van der Waals surface area (Å²) in [5.74, 6) is 0.584. The highest BCUT2D eigenvalue weighted by atomic mass is 35.5. The lowest BCUT2D eigenvalue weighted by Gasteiger charge is -2.41. The van der Waals surface area contributed by atoms with Crippen molar-refractivity contribution in [2.75, 3.05) is 7.11 Å². The van der Waals surface area contributed by atoms with Crippen molar-refractivity contribution in [3.8, 4) is 0 Å². The van der Waals surface area contributed by atoms with Gasteiger partial charge in [0.05, 0.1) is 5.60 Å². The molecular formula is C15H17ClO3. The van der Waals surface area contributed by atoms with Crippen molar-refractivity contribution >= 4 is 22.6 Å². The molecule has 0 radical (unpaired) electrons. The molecule has 3 nitrogen and oxygen atoms in total. The number of methoxy groups -OCH3 is 1. The number of fused-ring (bicyclic) bond motifs is 1. The van der Waals surface area contributed by atoms with Gasteiger partial charge < -0.3 is 14.3 Å². The summed E-state index contributed by atoms with van der Waals surface area (Å²) in [7, 11) is 1.71. The van der Waals surface area contributed by atoms with Crippen molar-refractivity contribution in [3.63, 3.8) is 0 Å². The van der Waals surface area contributed by atoms with Crippen LogP contribution in [-0.4, -0.2) is 17.8 Å². The van der Waals surface area contributed by atoms with Gasteiger partial charge in [-0.3, -0.25) is 0 Å². The molecule has 1 aliphatic rings. The summed E-state index contributed by atoms with van der Waals surface area (Å²) in [5, 5.41) is 11.9. The summed E-state index contributed by atoms with van der Waals surface area (Å²) >= 11 is 5.94. The van der Waals surface area contributed by atoms with Crippen LogP contribution in [-0.2, 0) is 4.74 Å². The van der Waals surface area contributed by atoms with Gasteiger partial charge in [-0.05, 0) is 43.5 Å². The van der Waals surface area contributed by atoms with Crippen molar-refractivity contribution in [1.82, 2.24) is 0 Å². The van der Waals surface area contributed by atoms with Crippen molar-refractivity contribution in [3.05, 3.63) is 35.0 Å². The van der Waals surface area contributed by atoms with Crippen LogP contribution >= 0.6 is 11.6 Å². The maximum absolute atomic E-state index is 10.3. The van der Waals surface area contributed by atoms with Gasteiger partial charge in [0.25, 0.3) is 0 Å². The number of furan rings is 1. The Labute approximate surface area is 117 Å². The molecule has 1 N–H and O–H groups in total. The molecule has 0 aliphatic heterocycles. The summed E-state index contributed by atoms with van der Waals surface area (Å²) in [6, 6.07) is 7.30. The van der Waals surface area contributed by atoms with E-state index in [1.54, 1.807) is 13.2 Å². The van der Waals surface area contributed by atoms with E-state index in [4.69, 9.17) is 20.8 Å². The zero-order chi connectivity index (χ0) is 13.5. The summed E-state index contributed by atoms with van der Waals surface area (Å²) in [5.41, 5.74) is 0.578. The lowest BCUT2D eigenvalue weighted by atomic mass is 9.76. The predicted molar refractivity (Wildman–Crippen MR) is 74.4 cm³/mol. The van der Waals surface area contributed by atoms with Crippen LogP contribution in [0.5, 0.6) is 0 Å². The zero-order valence-corrected chi connectivity index (χ0v) is 11.6. The summed E-state index contributed by atoms with van der Waals surface area (Å²) < 4.78 is 11.2. The van der Waals surface area contributed by atoms with Gasteiger partial charge in [0.1, 0.15) is 17.4 Å². The molecule has 0 bridgehead atoms. The summed E-state index contributed by atoms with van der Waals surface area (Å²) in [4.78, 5) is 0. The van der Waals surface area contributed by atoms with Crippen LogP contribution in [0.4, 0.5) is 0 Å². The Bertz CT molecular complexity index is 581. The second kappa shape index (κ2) is 4.82. The lowest BCUT2D eigenvalue weighted by molar-refractivity contribution is -0.102. The number of halogens is 1. The van der Waals surface area contributed by atoms with Gasteiger partial charge in [-0.2, -0.15) is 0 Å². The van der Waals surface area contributed by atoms with E-state index in [0.717, 1.165) is 30.2 Å². The fraction of sp³-hybridized carbons (Fsp3) is 0.467. The lowest BCUT2D eigenvalue weighted by Crippen LogP contribution is -2.40. The third kappa shape index (κ3) is 2.38. The standard InChI is InChI=1S/C15H17ClO3/c1-18-15(5-2-6-15)9-12(17)14-8-10-7-11(16)3-4-13(10)19-14/h3-4,7-8,12,17H,2,5-6,9H2,1H3. The normalized spacial score (nSPS) is 19.3. The highest BCUT2D eigenvalue weighted by molar-refractivity contribution is 6.31. The average Bonchev–Trinajstić information content (AvgIpc) is 2.76. The van der Waals surface area contributed by atoms with Gasteiger partial charge in [-0.25, -0.2) is 0 Å². The molecule has 1 heterocycles. The Kier molecular flexibility index (Phi) is 3.29. The van der Waals surface area contributed by atoms with Crippen LogP contribution in [0.2, 0.25) is 5.02 Å². The van der Waals surface area contributed by atoms with Crippen LogP contribution in [0.15, 0.2) is 28.7 Å². The van der Waals surface area contributed by atoms with E-state index in [9.17, 15) is 5.11 Å². The fourth-order valence-corrected chi connectivity index (χ4v) is 2.90. The minimum atomic E-state index is -0.633. The topological polar surface area (TPSA) is 42.6 Å². The van der Waals surface area contributed by atoms with E-state index >= 15 is 0 Å². The van der Waals surface area contributed by atoms with Crippen LogP contribution in [0.25, 0.3) is 11.0 Å². The number of aliphatic hydroxyl groups excluding tert-OH is 1. The third-order valence-corrected chi connectivity index (χ3v) is 4.32. The van der Waals surface area contributed by atoms with Gasteiger partial charge in [0.2, 0.25) is 0 Å². The molecule has 2 aromatic rings. The minimum Gasteiger partial charge on any atom is -0.458 e. The molecule has 1 aromatic carbocycles. The van der Waals surface area contributed by atoms with Crippen molar-refractivity contribution in [1.29, 1.82) is 0 Å². The first-order valence-electron chi connectivity index (χ1n) is 6.54. The maximum Gasteiger partial charge on any atom is 0.134 e. The first-order chi connectivity index (χ1) is 9.12. The smallest absolute Gasteiger partial charge is 0.134 e. The monoisotopic (exact) mass is 280 g/mol. The zero-order valence-electron chi connectivity index (χ0n) is 10.9. The largest absolute Gasteiger partial charge is 0.458 e. The molecule has 102 valence electrons. The summed E-state index contributed by atoms with van der Waals surface area (Å²) in [6.07, 6.45) is 3.12. The number of aliphatic hydroxyl groups is 1. The van der Waals surface area contributed by atoms with E-state index in [1.165, 1.54) is 0 Å². The molecule has 3 rings (SSSR count). The fourth-order valence-electron chi connectivity index (χ4n) is 2.71. The van der Waals surface area contributed by atoms with E-state index in [0.29, 0.717) is 17.2 Å². The second-order valence-corrected chi connectivity index (χ2v) is 5.73. The van der Waals surface area contributed by atoms with Crippen LogP contribution in [0.1, 0.15) is 37.5 Å². The van der Waals surface area contributed by atoms with Gasteiger partial charge in [-0.15, -0.1) is 0 Å². The van der Waals surface area contributed by atoms with Crippen LogP contribution in [0.3, 0.4) is 0 Å². The van der Waals surface area contributed by atoms with E-state index in [2.05, 4.69) is 0 Å². The molecule has 1 aliphatic carbocycles. The highest BCUT2D eigenvalue weighted by Gasteiger charge is 2.39. The Morgan fingerprint density at radius 2 is 2.21 bits per heavy atom. The Morgan fingerprint density at radius 1 is 1.42 bits per heavy atom. The van der Waals surface area contributed by atoms with E-state index < -0.39 is 6.10 Å². The second-order valence-electron chi connectivity index (χ2n) is 5.29. The van der Waals surface area contributed by atoms with Gasteiger partial charge in [0, 0.05) is 23.9 Å². The van der Waals surface area contributed by atoms with E-state index in [-0.39, 0.29) is 5.60 Å². The molecule has 1 saturated carbocycles. The first kappa shape index (κ1) is 13.0. The number of hydrogen-bond donors (Lipinski definition) is 1. The first-order valence-corrected chi connectivity index (χ1v) is 6.92. The van der Waals surface area contributed by atoms with Crippen molar-refractivity contribution < 1.29 is 14.3 Å². The molecule has 0 spiro atoms. The van der Waals surface area contributed by atoms with Crippen LogP contribution in [0, 0.1) is 0 Å². The Hall–Kier alpha value is -1.03. The average molecular weight is 281 g/mol. The van der Waals surface area contributed by atoms with Crippen molar-refractivity contribution in [2.24, 2.45) is 0 Å². The number of benzene rings is 1. The van der Waals surface area contributed by atoms with Gasteiger partial charge >= 0.3 is 0 Å². The molecule has 1 aromatic heterocycles.